The molecule has 0 spiro atoms. The van der Waals surface area contributed by atoms with Crippen LogP contribution in [0.15, 0.2) is 49.1 Å². The van der Waals surface area contributed by atoms with Crippen molar-refractivity contribution in [1.29, 1.82) is 0 Å². The maximum absolute atomic E-state index is 10.7. The summed E-state index contributed by atoms with van der Waals surface area (Å²) in [6.07, 6.45) is 1.92. The summed E-state index contributed by atoms with van der Waals surface area (Å²) in [6, 6.07) is 1.95. The molecule has 6 nitrogen and oxygen atoms in total. The molecule has 1 fully saturated rings. The van der Waals surface area contributed by atoms with E-state index >= 15 is 0 Å². The molecule has 0 aromatic rings. The number of rotatable bonds is 13. The van der Waals surface area contributed by atoms with Crippen LogP contribution in [-0.2, 0) is 8.23 Å². The second-order valence-corrected chi connectivity index (χ2v) is 67.5. The van der Waals surface area contributed by atoms with Gasteiger partial charge in [-0.25, -0.2) is 0 Å². The maximum Gasteiger partial charge on any atom is 0.343 e. The van der Waals surface area contributed by atoms with Gasteiger partial charge in [0, 0.05) is 11.8 Å². The van der Waals surface area contributed by atoms with Crippen molar-refractivity contribution >= 4 is 85.9 Å². The highest BCUT2D eigenvalue weighted by Crippen LogP contribution is 2.42. The third kappa shape index (κ3) is 11.2. The second-order valence-electron chi connectivity index (χ2n) is 12.8. The van der Waals surface area contributed by atoms with Crippen LogP contribution in [0.5, 0.6) is 0 Å². The second kappa shape index (κ2) is 16.4. The summed E-state index contributed by atoms with van der Waals surface area (Å²) in [6.45, 7) is 34.4. The number of hydrogen-bond donors (Lipinski definition) is 4. The molecule has 1 heterocycles. The van der Waals surface area contributed by atoms with E-state index in [1.54, 1.807) is 32.7 Å². The first-order chi connectivity index (χ1) is 17.8. The van der Waals surface area contributed by atoms with Crippen molar-refractivity contribution in [2.45, 2.75) is 90.4 Å². The van der Waals surface area contributed by atoms with Crippen molar-refractivity contribution in [2.75, 3.05) is 11.8 Å². The molecule has 2 atom stereocenters. The average molecular weight is 738 g/mol. The van der Waals surface area contributed by atoms with Crippen LogP contribution < -0.4 is 0 Å². The van der Waals surface area contributed by atoms with Crippen molar-refractivity contribution in [2.24, 2.45) is 0 Å². The lowest BCUT2D eigenvalue weighted by Gasteiger charge is -2.39. The molecule has 236 valence electrons. The molecule has 4 N–H and O–H groups in total. The van der Waals surface area contributed by atoms with E-state index in [0.29, 0.717) is 11.8 Å². The van der Waals surface area contributed by atoms with Crippen LogP contribution in [0.3, 0.4) is 0 Å². The van der Waals surface area contributed by atoms with E-state index in [1.807, 2.05) is 35.9 Å². The molecule has 1 saturated heterocycles. The summed E-state index contributed by atoms with van der Waals surface area (Å²) in [5.74, 6) is 1.33. The summed E-state index contributed by atoms with van der Waals surface area (Å²) >= 11 is 11.4. The summed E-state index contributed by atoms with van der Waals surface area (Å²) in [5, 5.41) is 0. The quantitative estimate of drug-likeness (QED) is 0.131. The maximum atomic E-state index is 10.7. The van der Waals surface area contributed by atoms with E-state index in [1.165, 1.54) is 0 Å². The lowest BCUT2D eigenvalue weighted by molar-refractivity contribution is 0.441. The van der Waals surface area contributed by atoms with Gasteiger partial charge in [-0.05, 0) is 90.4 Å². The molecule has 1 rings (SSSR count). The Balaban J connectivity index is 0. The molecule has 0 amide bonds. The average Bonchev–Trinajstić information content (AvgIpc) is 3.04. The molecule has 1 aliphatic rings. The molecular formula is C24H58Cl2O6Si8. The molecular weight excluding hydrogens is 680 g/mol. The van der Waals surface area contributed by atoms with E-state index < -0.39 is 62.7 Å². The van der Waals surface area contributed by atoms with Crippen LogP contribution in [0.4, 0.5) is 0 Å². The van der Waals surface area contributed by atoms with Crippen LogP contribution in [0.25, 0.3) is 0 Å². The van der Waals surface area contributed by atoms with Crippen LogP contribution in [0, 0.1) is 0 Å². The standard InChI is InChI=1S/C10H25ClO3Si4.C9H15ClSi.C5H18O3Si3/c1-7-18(10-8-9-11)13-16(4,5)17(6,14-18)15(2,3)12;1-4-11(5-2,6-3)9-7-8-10;1-9(2,6)11(5,8)10(3,4)7/h7,12H,1,8-10H2,2-6H3;4-6H,1-3,7-9H2;6-8H,1-5H3. The molecule has 0 saturated carbocycles. The van der Waals surface area contributed by atoms with Gasteiger partial charge in [0.2, 0.25) is 14.7 Å². The number of alkyl halides is 2. The monoisotopic (exact) mass is 736 g/mol. The highest BCUT2D eigenvalue weighted by atomic mass is 35.5. The van der Waals surface area contributed by atoms with Crippen LogP contribution >= 0.6 is 23.2 Å². The Morgan fingerprint density at radius 3 is 1.32 bits per heavy atom. The molecule has 1 aliphatic heterocycles. The zero-order valence-electron chi connectivity index (χ0n) is 26.7. The Kier molecular flexibility index (Phi) is 17.7. The van der Waals surface area contributed by atoms with Gasteiger partial charge in [-0.15, -0.1) is 49.5 Å². The van der Waals surface area contributed by atoms with Gasteiger partial charge in [-0.2, -0.15) is 0 Å². The van der Waals surface area contributed by atoms with Gasteiger partial charge in [-0.3, -0.25) is 0 Å². The lowest BCUT2D eigenvalue weighted by atomic mass is 10.6. The topological polar surface area (TPSA) is 99.4 Å². The fourth-order valence-electron chi connectivity index (χ4n) is 4.16. The smallest absolute Gasteiger partial charge is 0.343 e. The lowest BCUT2D eigenvalue weighted by Crippen LogP contribution is -2.72. The van der Waals surface area contributed by atoms with E-state index in [0.717, 1.165) is 24.9 Å². The van der Waals surface area contributed by atoms with Gasteiger partial charge in [0.1, 0.15) is 8.07 Å². The minimum absolute atomic E-state index is 0.621. The van der Waals surface area contributed by atoms with E-state index in [9.17, 15) is 19.2 Å². The molecule has 0 aromatic carbocycles. The molecule has 2 unspecified atom stereocenters. The van der Waals surface area contributed by atoms with E-state index in [-0.39, 0.29) is 0 Å². The first kappa shape index (κ1) is 43.2. The largest absolute Gasteiger partial charge is 0.433 e. The Morgan fingerprint density at radius 1 is 0.700 bits per heavy atom. The zero-order valence-corrected chi connectivity index (χ0v) is 36.3. The minimum Gasteiger partial charge on any atom is -0.433 e. The summed E-state index contributed by atoms with van der Waals surface area (Å²) < 4.78 is 13.0. The third-order valence-corrected chi connectivity index (χ3v) is 82.8. The Labute approximate surface area is 263 Å². The molecule has 40 heavy (non-hydrogen) atoms. The fourth-order valence-corrected chi connectivity index (χ4v) is 69.5. The Bertz CT molecular complexity index is 805. The van der Waals surface area contributed by atoms with Gasteiger partial charge in [-0.1, -0.05) is 22.8 Å². The highest BCUT2D eigenvalue weighted by Gasteiger charge is 2.69. The number of halogens is 2. The minimum atomic E-state index is -2.72. The predicted octanol–water partition coefficient (Wildman–Crippen LogP) is 6.31. The van der Waals surface area contributed by atoms with Gasteiger partial charge in [0.05, 0.1) is 0 Å². The number of hydrogen-bond acceptors (Lipinski definition) is 6. The zero-order chi connectivity index (χ0) is 32.5. The van der Waals surface area contributed by atoms with Gasteiger partial charge >= 0.3 is 8.56 Å². The van der Waals surface area contributed by atoms with Gasteiger partial charge < -0.3 is 27.4 Å². The Hall–Kier alpha value is 1.04. The highest BCUT2D eigenvalue weighted by molar-refractivity contribution is 7.66. The first-order valence-electron chi connectivity index (χ1n) is 13.7. The molecule has 0 aliphatic carbocycles. The van der Waals surface area contributed by atoms with Crippen molar-refractivity contribution in [3.8, 4) is 0 Å². The fraction of sp³-hybridized carbons (Fsp3) is 0.667. The van der Waals surface area contributed by atoms with Crippen LogP contribution in [0.2, 0.25) is 77.6 Å². The van der Waals surface area contributed by atoms with E-state index in [2.05, 4.69) is 46.0 Å². The first-order valence-corrected chi connectivity index (χ1v) is 40.0. The van der Waals surface area contributed by atoms with E-state index in [4.69, 9.17) is 31.4 Å². The Morgan fingerprint density at radius 2 is 1.10 bits per heavy atom. The summed E-state index contributed by atoms with van der Waals surface area (Å²) in [7, 11) is -18.1. The normalized spacial score (nSPS) is 23.2. The summed E-state index contributed by atoms with van der Waals surface area (Å²) in [4.78, 5) is 40.0. The van der Waals surface area contributed by atoms with Crippen LogP contribution in [-0.4, -0.2) is 93.6 Å². The molecule has 0 radical (unpaired) electrons. The van der Waals surface area contributed by atoms with Crippen molar-refractivity contribution in [3.63, 3.8) is 0 Å². The van der Waals surface area contributed by atoms with Crippen molar-refractivity contribution in [1.82, 2.24) is 0 Å². The third-order valence-electron chi connectivity index (χ3n) is 8.36. The molecule has 0 aromatic heterocycles. The van der Waals surface area contributed by atoms with Crippen molar-refractivity contribution < 1.29 is 27.4 Å². The molecule has 16 heteroatoms. The summed E-state index contributed by atoms with van der Waals surface area (Å²) in [5.41, 5.74) is 7.89. The van der Waals surface area contributed by atoms with Crippen molar-refractivity contribution in [3.05, 3.63) is 49.1 Å². The predicted molar refractivity (Wildman–Crippen MR) is 197 cm³/mol. The SMILES string of the molecule is C=C[Si](C=C)(C=C)CCCCl.C=C[Si]1(CCCCl)O[Si](C)(C)[Si](C)([Si](C)(C)O)O1.C[Si](C)(O)[Si](C)(O)[Si](C)(C)O. The van der Waals surface area contributed by atoms with Gasteiger partial charge in [0.25, 0.3) is 0 Å². The van der Waals surface area contributed by atoms with Crippen LogP contribution in [0.1, 0.15) is 12.8 Å². The van der Waals surface area contributed by atoms with Gasteiger partial charge in [0.15, 0.2) is 31.3 Å². The molecule has 0 bridgehead atoms.